The molecule has 1 saturated carbocycles. The summed E-state index contributed by atoms with van der Waals surface area (Å²) in [7, 11) is 2.69. The molecule has 0 spiro atoms. The number of non-ortho nitro benzene ring substituents is 2. The Kier molecular flexibility index (Phi) is 9.59. The molecule has 4 aromatic carbocycles. The zero-order valence-electron chi connectivity index (χ0n) is 25.4. The van der Waals surface area contributed by atoms with Crippen LogP contribution in [0.5, 0.6) is 23.0 Å². The fourth-order valence-corrected chi connectivity index (χ4v) is 4.74. The summed E-state index contributed by atoms with van der Waals surface area (Å²) in [5.41, 5.74) is 2.58. The molecule has 4 aromatic rings. The van der Waals surface area contributed by atoms with E-state index < -0.39 is 9.85 Å². The second kappa shape index (κ2) is 14.1. The molecule has 1 aliphatic rings. The number of methoxy groups -OCH3 is 2. The fourth-order valence-electron chi connectivity index (χ4n) is 4.74. The second-order valence-electron chi connectivity index (χ2n) is 10.3. The molecular weight excluding hydrogens is 624 g/mol. The third kappa shape index (κ3) is 7.37. The minimum absolute atomic E-state index is 0.114. The van der Waals surface area contributed by atoms with Gasteiger partial charge in [0.15, 0.2) is 17.3 Å². The summed E-state index contributed by atoms with van der Waals surface area (Å²) in [6.07, 6.45) is 4.32. The van der Waals surface area contributed by atoms with Crippen LogP contribution in [0.4, 0.5) is 34.1 Å². The highest BCUT2D eigenvalue weighted by Gasteiger charge is 2.23. The molecule has 0 radical (unpaired) electrons. The van der Waals surface area contributed by atoms with Crippen LogP contribution in [0.1, 0.15) is 24.0 Å². The highest BCUT2D eigenvalue weighted by molar-refractivity contribution is 6.15. The van der Waals surface area contributed by atoms with Crippen molar-refractivity contribution in [3.63, 3.8) is 0 Å². The number of benzene rings is 4. The maximum atomic E-state index is 13.3. The van der Waals surface area contributed by atoms with E-state index in [0.29, 0.717) is 35.1 Å². The Balaban J connectivity index is 1.34. The van der Waals surface area contributed by atoms with E-state index in [9.17, 15) is 35.2 Å². The number of azo groups is 2. The number of phenols is 2. The molecule has 0 unspecified atom stereocenters. The normalized spacial score (nSPS) is 14.8. The Morgan fingerprint density at radius 1 is 0.625 bits per heavy atom. The van der Waals surface area contributed by atoms with Crippen LogP contribution >= 0.6 is 0 Å². The topological polar surface area (TPSA) is 212 Å². The number of ether oxygens (including phenoxy) is 2. The number of carbonyl (C=O) groups is 1. The van der Waals surface area contributed by atoms with E-state index in [2.05, 4.69) is 20.5 Å². The van der Waals surface area contributed by atoms with E-state index in [-0.39, 0.29) is 62.9 Å². The lowest BCUT2D eigenvalue weighted by Gasteiger charge is -2.04. The number of ketones is 1. The average Bonchev–Trinajstić information content (AvgIpc) is 3.42. The van der Waals surface area contributed by atoms with Crippen molar-refractivity contribution in [2.24, 2.45) is 20.5 Å². The number of carbonyl (C=O) groups excluding carboxylic acids is 1. The number of nitro benzene ring substituents is 2. The predicted octanol–water partition coefficient (Wildman–Crippen LogP) is 8.59. The van der Waals surface area contributed by atoms with Gasteiger partial charge in [-0.05, 0) is 72.5 Å². The number of phenolic OH excluding ortho intramolecular Hbond substituents is 2. The van der Waals surface area contributed by atoms with E-state index in [1.165, 1.54) is 62.8 Å². The van der Waals surface area contributed by atoms with Gasteiger partial charge >= 0.3 is 0 Å². The minimum atomic E-state index is -0.560. The molecule has 0 bridgehead atoms. The molecule has 0 amide bonds. The van der Waals surface area contributed by atoms with Crippen molar-refractivity contribution in [2.75, 3.05) is 14.2 Å². The quantitative estimate of drug-likeness (QED) is 0.0726. The first kappa shape index (κ1) is 32.6. The van der Waals surface area contributed by atoms with Gasteiger partial charge in [0, 0.05) is 23.3 Å². The van der Waals surface area contributed by atoms with Crippen LogP contribution in [0.2, 0.25) is 0 Å². The summed E-state index contributed by atoms with van der Waals surface area (Å²) in [5.74, 6) is -0.223. The SMILES string of the molecule is COc1cc([N+](=O)[O-])ccc1N=Nc1cc(/C=C2/CC/C(=C\c3ccc(O)c(N=Nc4ccc([N+](=O)[O-])cc4OC)c3)C2=O)ccc1O. The molecule has 0 atom stereocenters. The number of aromatic hydroxyl groups is 2. The zero-order valence-corrected chi connectivity index (χ0v) is 25.4. The van der Waals surface area contributed by atoms with Crippen molar-refractivity contribution < 1.29 is 34.3 Å². The minimum Gasteiger partial charge on any atom is -0.506 e. The molecule has 15 nitrogen and oxygen atoms in total. The Labute approximate surface area is 272 Å². The maximum absolute atomic E-state index is 13.3. The van der Waals surface area contributed by atoms with Gasteiger partial charge < -0.3 is 19.7 Å². The van der Waals surface area contributed by atoms with Crippen molar-refractivity contribution in [3.8, 4) is 23.0 Å². The summed E-state index contributed by atoms with van der Waals surface area (Å²) in [6, 6.07) is 16.9. The fraction of sp³-hybridized carbons (Fsp3) is 0.121. The number of nitrogens with zero attached hydrogens (tertiary/aromatic N) is 6. The molecule has 242 valence electrons. The largest absolute Gasteiger partial charge is 0.506 e. The van der Waals surface area contributed by atoms with Gasteiger partial charge in [0.1, 0.15) is 34.2 Å². The van der Waals surface area contributed by atoms with Gasteiger partial charge in [-0.2, -0.15) is 0 Å². The van der Waals surface area contributed by atoms with Crippen LogP contribution < -0.4 is 9.47 Å². The van der Waals surface area contributed by atoms with Crippen molar-refractivity contribution in [2.45, 2.75) is 12.8 Å². The van der Waals surface area contributed by atoms with Crippen molar-refractivity contribution in [1.82, 2.24) is 0 Å². The number of hydrogen-bond acceptors (Lipinski definition) is 13. The Hall–Kier alpha value is -6.77. The van der Waals surface area contributed by atoms with Crippen LogP contribution in [-0.4, -0.2) is 40.1 Å². The van der Waals surface area contributed by atoms with Crippen LogP contribution in [0.15, 0.2) is 104 Å². The molecule has 0 aliphatic heterocycles. The first-order chi connectivity index (χ1) is 23.1. The summed E-state index contributed by atoms with van der Waals surface area (Å²) in [5, 5.41) is 59.1. The van der Waals surface area contributed by atoms with Gasteiger partial charge in [0.2, 0.25) is 0 Å². The highest BCUT2D eigenvalue weighted by Crippen LogP contribution is 2.38. The number of rotatable bonds is 10. The summed E-state index contributed by atoms with van der Waals surface area (Å²) in [6.45, 7) is 0. The molecule has 48 heavy (non-hydrogen) atoms. The van der Waals surface area contributed by atoms with Crippen LogP contribution in [0.25, 0.3) is 12.2 Å². The van der Waals surface area contributed by atoms with E-state index >= 15 is 0 Å². The maximum Gasteiger partial charge on any atom is 0.273 e. The molecular formula is C33H26N6O9. The van der Waals surface area contributed by atoms with Gasteiger partial charge in [-0.3, -0.25) is 25.0 Å². The van der Waals surface area contributed by atoms with Gasteiger partial charge in [-0.25, -0.2) is 0 Å². The van der Waals surface area contributed by atoms with Crippen LogP contribution in [0, 0.1) is 20.2 Å². The zero-order chi connectivity index (χ0) is 34.4. The Morgan fingerprint density at radius 2 is 1.02 bits per heavy atom. The van der Waals surface area contributed by atoms with Gasteiger partial charge in [-0.15, -0.1) is 20.5 Å². The highest BCUT2D eigenvalue weighted by atomic mass is 16.6. The number of allylic oxidation sites excluding steroid dienone is 2. The smallest absolute Gasteiger partial charge is 0.273 e. The van der Waals surface area contributed by atoms with Crippen molar-refractivity contribution in [3.05, 3.63) is 115 Å². The van der Waals surface area contributed by atoms with Gasteiger partial charge in [0.25, 0.3) is 11.4 Å². The lowest BCUT2D eigenvalue weighted by Crippen LogP contribution is -1.95. The van der Waals surface area contributed by atoms with Crippen LogP contribution in [-0.2, 0) is 4.79 Å². The van der Waals surface area contributed by atoms with Crippen LogP contribution in [0.3, 0.4) is 0 Å². The van der Waals surface area contributed by atoms with E-state index in [1.54, 1.807) is 36.4 Å². The third-order valence-corrected chi connectivity index (χ3v) is 7.21. The number of nitro groups is 2. The Morgan fingerprint density at radius 3 is 1.40 bits per heavy atom. The number of hydrogen-bond donors (Lipinski definition) is 2. The monoisotopic (exact) mass is 650 g/mol. The summed E-state index contributed by atoms with van der Waals surface area (Å²) in [4.78, 5) is 34.3. The lowest BCUT2D eigenvalue weighted by atomic mass is 10.1. The van der Waals surface area contributed by atoms with Crippen molar-refractivity contribution in [1.29, 1.82) is 0 Å². The third-order valence-electron chi connectivity index (χ3n) is 7.21. The molecule has 2 N–H and O–H groups in total. The molecule has 1 fully saturated rings. The first-order valence-corrected chi connectivity index (χ1v) is 14.2. The van der Waals surface area contributed by atoms with E-state index in [4.69, 9.17) is 9.47 Å². The van der Waals surface area contributed by atoms with E-state index in [1.807, 2.05) is 0 Å². The number of Topliss-reactive ketones (excluding diaryl/α,β-unsaturated/α-hetero) is 1. The Bertz CT molecular complexity index is 1930. The lowest BCUT2D eigenvalue weighted by molar-refractivity contribution is -0.385. The van der Waals surface area contributed by atoms with Crippen molar-refractivity contribution >= 4 is 52.1 Å². The first-order valence-electron chi connectivity index (χ1n) is 14.2. The standard InChI is InChI=1S/C33H26N6O9/c1-47-31-17-23(38(43)44)7-9-25(31)34-36-27-15-19(3-11-29(27)40)13-21-5-6-22(33(21)42)14-20-4-12-30(41)28(16-20)37-35-26-10-8-24(39(45)46)18-32(26)48-2/h3-4,7-18,40-41H,5-6H2,1-2H3/b21-13-,22-14+,36-34?,37-35?. The summed E-state index contributed by atoms with van der Waals surface area (Å²) >= 11 is 0. The molecule has 1 aliphatic carbocycles. The second-order valence-corrected chi connectivity index (χ2v) is 10.3. The molecule has 0 saturated heterocycles. The molecule has 0 aromatic heterocycles. The molecule has 15 heteroatoms. The molecule has 0 heterocycles. The average molecular weight is 651 g/mol. The summed E-state index contributed by atoms with van der Waals surface area (Å²) < 4.78 is 10.3. The van der Waals surface area contributed by atoms with E-state index in [0.717, 1.165) is 0 Å². The predicted molar refractivity (Wildman–Crippen MR) is 174 cm³/mol. The van der Waals surface area contributed by atoms with Gasteiger partial charge in [-0.1, -0.05) is 12.1 Å². The van der Waals surface area contributed by atoms with Gasteiger partial charge in [0.05, 0.1) is 36.2 Å². The molecule has 5 rings (SSSR count).